The second kappa shape index (κ2) is 13.1. The molecule has 0 radical (unpaired) electrons. The first-order chi connectivity index (χ1) is 21.6. The standard InChI is InChI=1S/C32H28Cl2F3N5O4/c1-31(2,3)46-28(43)10-11-38-30(44)19-6-4-18(5-7-19)17-42-27(16-25(41-42)20-12-21(33)14-22(34)13-20)29-39-24-9-8-23(15-26(24)40-29)45-32(35,36)37/h4-9,12-16H,10-11,17H2,1-3H3,(H,38,44)(H,39,40). The highest BCUT2D eigenvalue weighted by molar-refractivity contribution is 6.35. The van der Waals surface area contributed by atoms with Gasteiger partial charge in [0.25, 0.3) is 5.91 Å². The van der Waals surface area contributed by atoms with Gasteiger partial charge in [0.15, 0.2) is 5.82 Å². The second-order valence-corrected chi connectivity index (χ2v) is 12.2. The number of hydrogen-bond donors (Lipinski definition) is 2. The molecule has 0 atom stereocenters. The van der Waals surface area contributed by atoms with Crippen LogP contribution < -0.4 is 10.1 Å². The minimum atomic E-state index is -4.83. The van der Waals surface area contributed by atoms with Gasteiger partial charge in [-0.05, 0) is 74.9 Å². The van der Waals surface area contributed by atoms with Gasteiger partial charge in [0, 0.05) is 33.8 Å². The quantitative estimate of drug-likeness (QED) is 0.154. The molecule has 1 amide bonds. The number of imidazole rings is 1. The highest BCUT2D eigenvalue weighted by Gasteiger charge is 2.31. The van der Waals surface area contributed by atoms with E-state index >= 15 is 0 Å². The van der Waals surface area contributed by atoms with Crippen LogP contribution in [0.15, 0.2) is 66.7 Å². The Labute approximate surface area is 271 Å². The van der Waals surface area contributed by atoms with E-state index in [0.29, 0.717) is 49.4 Å². The zero-order valence-electron chi connectivity index (χ0n) is 24.8. The third-order valence-electron chi connectivity index (χ3n) is 6.45. The molecule has 2 N–H and O–H groups in total. The van der Waals surface area contributed by atoms with E-state index in [2.05, 4.69) is 20.0 Å². The number of fused-ring (bicyclic) bond motifs is 1. The molecule has 0 saturated carbocycles. The van der Waals surface area contributed by atoms with E-state index in [1.807, 2.05) is 0 Å². The van der Waals surface area contributed by atoms with Crippen molar-refractivity contribution in [3.63, 3.8) is 0 Å². The first-order valence-electron chi connectivity index (χ1n) is 14.0. The summed E-state index contributed by atoms with van der Waals surface area (Å²) < 4.78 is 49.3. The number of esters is 1. The maximum atomic E-state index is 12.8. The number of amides is 1. The summed E-state index contributed by atoms with van der Waals surface area (Å²) in [6, 6.07) is 17.4. The lowest BCUT2D eigenvalue weighted by Gasteiger charge is -2.19. The molecule has 2 aromatic heterocycles. The van der Waals surface area contributed by atoms with Crippen molar-refractivity contribution >= 4 is 46.1 Å². The molecule has 0 spiro atoms. The summed E-state index contributed by atoms with van der Waals surface area (Å²) in [5, 5.41) is 8.30. The average Bonchev–Trinajstić information content (AvgIpc) is 3.55. The van der Waals surface area contributed by atoms with Crippen molar-refractivity contribution in [3.8, 4) is 28.5 Å². The van der Waals surface area contributed by atoms with Crippen molar-refractivity contribution in [1.82, 2.24) is 25.1 Å². The lowest BCUT2D eigenvalue weighted by Crippen LogP contribution is -2.29. The summed E-state index contributed by atoms with van der Waals surface area (Å²) in [6.07, 6.45) is -4.79. The predicted molar refractivity (Wildman–Crippen MR) is 168 cm³/mol. The Morgan fingerprint density at radius 3 is 2.30 bits per heavy atom. The van der Waals surface area contributed by atoms with Gasteiger partial charge in [-0.1, -0.05) is 35.3 Å². The van der Waals surface area contributed by atoms with Crippen LogP contribution in [-0.2, 0) is 16.1 Å². The van der Waals surface area contributed by atoms with Crippen LogP contribution in [0.2, 0.25) is 10.0 Å². The molecule has 0 aliphatic carbocycles. The van der Waals surface area contributed by atoms with Crippen LogP contribution in [0.25, 0.3) is 33.8 Å². The number of hydrogen-bond acceptors (Lipinski definition) is 6. The van der Waals surface area contributed by atoms with E-state index in [1.165, 1.54) is 18.2 Å². The number of aromatic nitrogens is 4. The molecule has 0 fully saturated rings. The van der Waals surface area contributed by atoms with Crippen LogP contribution in [0.1, 0.15) is 43.1 Å². The SMILES string of the molecule is CC(C)(C)OC(=O)CCNC(=O)c1ccc(Cn2nc(-c3cc(Cl)cc(Cl)c3)cc2-c2nc3ccc(OC(F)(F)F)cc3[nH]2)cc1. The van der Waals surface area contributed by atoms with E-state index in [4.69, 9.17) is 33.0 Å². The van der Waals surface area contributed by atoms with Gasteiger partial charge in [-0.25, -0.2) is 4.98 Å². The van der Waals surface area contributed by atoms with Gasteiger partial charge >= 0.3 is 12.3 Å². The van der Waals surface area contributed by atoms with Crippen LogP contribution in [0.5, 0.6) is 5.75 Å². The molecule has 9 nitrogen and oxygen atoms in total. The van der Waals surface area contributed by atoms with Gasteiger partial charge in [0.2, 0.25) is 0 Å². The zero-order chi connectivity index (χ0) is 33.2. The fourth-order valence-corrected chi connectivity index (χ4v) is 5.11. The third-order valence-corrected chi connectivity index (χ3v) is 6.89. The normalized spacial score (nSPS) is 11.9. The summed E-state index contributed by atoms with van der Waals surface area (Å²) in [5.41, 5.74) is 3.05. The topological polar surface area (TPSA) is 111 Å². The molecule has 5 aromatic rings. The lowest BCUT2D eigenvalue weighted by molar-refractivity contribution is -0.274. The number of aromatic amines is 1. The molecule has 0 saturated heterocycles. The van der Waals surface area contributed by atoms with E-state index in [0.717, 1.165) is 5.56 Å². The number of benzene rings is 3. The number of ether oxygens (including phenoxy) is 2. The molecule has 0 unspecified atom stereocenters. The minimum Gasteiger partial charge on any atom is -0.460 e. The number of rotatable bonds is 9. The van der Waals surface area contributed by atoms with E-state index in [-0.39, 0.29) is 31.2 Å². The highest BCUT2D eigenvalue weighted by Crippen LogP contribution is 2.32. The van der Waals surface area contributed by atoms with Gasteiger partial charge in [-0.2, -0.15) is 5.10 Å². The van der Waals surface area contributed by atoms with Gasteiger partial charge in [-0.15, -0.1) is 13.2 Å². The molecular weight excluding hydrogens is 646 g/mol. The predicted octanol–water partition coefficient (Wildman–Crippen LogP) is 7.81. The number of halogens is 5. The number of carbonyl (C=O) groups excluding carboxylic acids is 2. The molecule has 46 heavy (non-hydrogen) atoms. The van der Waals surface area contributed by atoms with Crippen LogP contribution in [0, 0.1) is 0 Å². The molecular formula is C32H28Cl2F3N5O4. The molecule has 5 rings (SSSR count). The van der Waals surface area contributed by atoms with Crippen molar-refractivity contribution in [3.05, 3.63) is 87.9 Å². The van der Waals surface area contributed by atoms with Gasteiger partial charge in [0.1, 0.15) is 17.0 Å². The molecule has 0 aliphatic heterocycles. The molecule has 2 heterocycles. The highest BCUT2D eigenvalue weighted by atomic mass is 35.5. The fraction of sp³-hybridized carbons (Fsp3) is 0.250. The molecule has 14 heteroatoms. The van der Waals surface area contributed by atoms with Gasteiger partial charge < -0.3 is 19.8 Å². The second-order valence-electron chi connectivity index (χ2n) is 11.3. The summed E-state index contributed by atoms with van der Waals surface area (Å²) in [6.45, 7) is 5.70. The average molecular weight is 675 g/mol. The van der Waals surface area contributed by atoms with Crippen molar-refractivity contribution in [2.45, 2.75) is 45.7 Å². The third kappa shape index (κ3) is 8.58. The van der Waals surface area contributed by atoms with Crippen LogP contribution in [0.3, 0.4) is 0 Å². The first-order valence-corrected chi connectivity index (χ1v) is 14.8. The summed E-state index contributed by atoms with van der Waals surface area (Å²) in [5.74, 6) is -0.776. The Morgan fingerprint density at radius 1 is 0.957 bits per heavy atom. The van der Waals surface area contributed by atoms with Crippen LogP contribution >= 0.6 is 23.2 Å². The first kappa shape index (κ1) is 32.8. The summed E-state index contributed by atoms with van der Waals surface area (Å²) in [4.78, 5) is 32.2. The maximum absolute atomic E-state index is 12.8. The van der Waals surface area contributed by atoms with Crippen molar-refractivity contribution in [1.29, 1.82) is 0 Å². The molecule has 3 aromatic carbocycles. The largest absolute Gasteiger partial charge is 0.573 e. The van der Waals surface area contributed by atoms with Gasteiger partial charge in [0.05, 0.1) is 29.7 Å². The molecule has 0 aliphatic rings. The van der Waals surface area contributed by atoms with Crippen molar-refractivity contribution in [2.75, 3.05) is 6.54 Å². The lowest BCUT2D eigenvalue weighted by atomic mass is 10.1. The molecule has 240 valence electrons. The number of H-pyrrole nitrogens is 1. The maximum Gasteiger partial charge on any atom is 0.573 e. The number of nitrogens with one attached hydrogen (secondary N) is 2. The van der Waals surface area contributed by atoms with Gasteiger partial charge in [-0.3, -0.25) is 14.3 Å². The van der Waals surface area contributed by atoms with Crippen LogP contribution in [-0.4, -0.2) is 50.1 Å². The zero-order valence-corrected chi connectivity index (χ0v) is 26.3. The Balaban J connectivity index is 1.39. The summed E-state index contributed by atoms with van der Waals surface area (Å²) in [7, 11) is 0. The van der Waals surface area contributed by atoms with Crippen molar-refractivity contribution < 1.29 is 32.2 Å². The monoisotopic (exact) mass is 673 g/mol. The number of alkyl halides is 3. The van der Waals surface area contributed by atoms with E-state index in [1.54, 1.807) is 74.0 Å². The Hall–Kier alpha value is -4.55. The number of carbonyl (C=O) groups is 2. The summed E-state index contributed by atoms with van der Waals surface area (Å²) >= 11 is 12.5. The Morgan fingerprint density at radius 2 is 1.65 bits per heavy atom. The Bertz CT molecular complexity index is 1880. The number of nitrogens with zero attached hydrogens (tertiary/aromatic N) is 3. The smallest absolute Gasteiger partial charge is 0.460 e. The Kier molecular flexibility index (Phi) is 9.32. The molecule has 0 bridgehead atoms. The van der Waals surface area contributed by atoms with E-state index < -0.39 is 17.9 Å². The van der Waals surface area contributed by atoms with Crippen molar-refractivity contribution in [2.24, 2.45) is 0 Å². The van der Waals surface area contributed by atoms with Crippen LogP contribution in [0.4, 0.5) is 13.2 Å². The van der Waals surface area contributed by atoms with E-state index in [9.17, 15) is 22.8 Å². The minimum absolute atomic E-state index is 0.0434. The fourth-order valence-electron chi connectivity index (χ4n) is 4.59.